The van der Waals surface area contributed by atoms with Crippen molar-refractivity contribution in [3.05, 3.63) is 82.4 Å². The minimum absolute atomic E-state index is 0.0818. The molecule has 2 aliphatic rings. The molecule has 33 heavy (non-hydrogen) atoms. The van der Waals surface area contributed by atoms with Gasteiger partial charge in [-0.05, 0) is 84.7 Å². The lowest BCUT2D eigenvalue weighted by Gasteiger charge is -2.26. The minimum Gasteiger partial charge on any atom is -0.309 e. The molecule has 1 heterocycles. The number of fused-ring (bicyclic) bond motifs is 2. The highest BCUT2D eigenvalue weighted by atomic mass is 32.2. The van der Waals surface area contributed by atoms with Gasteiger partial charge in [0.15, 0.2) is 11.6 Å². The second kappa shape index (κ2) is 8.18. The number of amides is 1. The standard InChI is InChI=1S/C25H20F4N2OS/c1-12-6-16-10-20(28)22(33-30)11-21(16)31(12)25(32)17-7-13-2-3-14(8-15(13)9-17)23-18(26)4-5-19(27)24(23)29/h2-5,8,10-12,17H,6-7,9,30H2,1H3. The third-order valence-electron chi connectivity index (χ3n) is 6.53. The average molecular weight is 473 g/mol. The van der Waals surface area contributed by atoms with Crippen LogP contribution in [0.2, 0.25) is 0 Å². The zero-order chi connectivity index (χ0) is 23.4. The Morgan fingerprint density at radius 1 is 0.909 bits per heavy atom. The lowest BCUT2D eigenvalue weighted by Crippen LogP contribution is -2.40. The highest BCUT2D eigenvalue weighted by Gasteiger charge is 2.38. The van der Waals surface area contributed by atoms with Gasteiger partial charge in [-0.1, -0.05) is 18.2 Å². The number of benzene rings is 3. The number of anilines is 1. The van der Waals surface area contributed by atoms with Gasteiger partial charge in [0.05, 0.1) is 10.5 Å². The molecule has 0 spiro atoms. The number of nitrogens with two attached hydrogens (primary N) is 1. The summed E-state index contributed by atoms with van der Waals surface area (Å²) in [4.78, 5) is 15.5. The lowest BCUT2D eigenvalue weighted by molar-refractivity contribution is -0.122. The van der Waals surface area contributed by atoms with Crippen LogP contribution in [-0.2, 0) is 24.1 Å². The van der Waals surface area contributed by atoms with Gasteiger partial charge in [0.2, 0.25) is 5.91 Å². The first-order valence-electron chi connectivity index (χ1n) is 10.6. The van der Waals surface area contributed by atoms with E-state index in [1.807, 2.05) is 6.92 Å². The highest BCUT2D eigenvalue weighted by Crippen LogP contribution is 2.40. The van der Waals surface area contributed by atoms with Crippen LogP contribution in [0.4, 0.5) is 23.2 Å². The summed E-state index contributed by atoms with van der Waals surface area (Å²) in [6.07, 6.45) is 1.44. The maximum Gasteiger partial charge on any atom is 0.231 e. The Hall–Kier alpha value is -2.84. The third-order valence-corrected chi connectivity index (χ3v) is 7.10. The van der Waals surface area contributed by atoms with Gasteiger partial charge >= 0.3 is 0 Å². The molecule has 1 aliphatic carbocycles. The molecule has 5 rings (SSSR count). The smallest absolute Gasteiger partial charge is 0.231 e. The molecule has 1 amide bonds. The first kappa shape index (κ1) is 22.0. The van der Waals surface area contributed by atoms with Crippen LogP contribution in [0.25, 0.3) is 11.1 Å². The van der Waals surface area contributed by atoms with Crippen LogP contribution in [0.3, 0.4) is 0 Å². The quantitative estimate of drug-likeness (QED) is 0.308. The number of hydrogen-bond donors (Lipinski definition) is 1. The van der Waals surface area contributed by atoms with Crippen molar-refractivity contribution < 1.29 is 22.4 Å². The predicted octanol–water partition coefficient (Wildman–Crippen LogP) is 5.57. The molecule has 0 radical (unpaired) electrons. The predicted molar refractivity (Wildman–Crippen MR) is 120 cm³/mol. The number of halogens is 4. The zero-order valence-corrected chi connectivity index (χ0v) is 18.5. The summed E-state index contributed by atoms with van der Waals surface area (Å²) in [5.74, 6) is -4.04. The monoisotopic (exact) mass is 472 g/mol. The molecule has 3 aromatic rings. The molecule has 0 bridgehead atoms. The molecule has 1 aliphatic heterocycles. The van der Waals surface area contributed by atoms with E-state index in [-0.39, 0.29) is 28.3 Å². The molecule has 3 aromatic carbocycles. The van der Waals surface area contributed by atoms with Gasteiger partial charge in [-0.25, -0.2) is 17.6 Å². The number of hydrogen-bond acceptors (Lipinski definition) is 3. The molecule has 0 aromatic heterocycles. The van der Waals surface area contributed by atoms with Gasteiger partial charge in [0.25, 0.3) is 0 Å². The maximum absolute atomic E-state index is 14.3. The van der Waals surface area contributed by atoms with Gasteiger partial charge in [0.1, 0.15) is 11.6 Å². The average Bonchev–Trinajstić information content (AvgIpc) is 3.35. The van der Waals surface area contributed by atoms with Gasteiger partial charge in [0, 0.05) is 17.6 Å². The number of carbonyl (C=O) groups is 1. The van der Waals surface area contributed by atoms with E-state index in [1.54, 1.807) is 29.2 Å². The Labute approximate surface area is 192 Å². The molecule has 8 heteroatoms. The van der Waals surface area contributed by atoms with Crippen LogP contribution in [0.5, 0.6) is 0 Å². The van der Waals surface area contributed by atoms with Crippen LogP contribution in [0.1, 0.15) is 23.6 Å². The number of carbonyl (C=O) groups excluding carboxylic acids is 1. The molecule has 2 N–H and O–H groups in total. The maximum atomic E-state index is 14.3. The first-order valence-corrected chi connectivity index (χ1v) is 11.4. The van der Waals surface area contributed by atoms with Crippen molar-refractivity contribution in [3.63, 3.8) is 0 Å². The van der Waals surface area contributed by atoms with Crippen LogP contribution in [0.15, 0.2) is 47.4 Å². The van der Waals surface area contributed by atoms with Crippen LogP contribution >= 0.6 is 11.9 Å². The molecule has 0 saturated heterocycles. The number of rotatable bonds is 3. The van der Waals surface area contributed by atoms with Crippen LogP contribution in [-0.4, -0.2) is 11.9 Å². The molecule has 3 nitrogen and oxygen atoms in total. The summed E-state index contributed by atoms with van der Waals surface area (Å²) in [5, 5.41) is 5.57. The largest absolute Gasteiger partial charge is 0.309 e. The summed E-state index contributed by atoms with van der Waals surface area (Å²) in [6, 6.07) is 9.50. The lowest BCUT2D eigenvalue weighted by atomic mass is 9.99. The molecule has 170 valence electrons. The van der Waals surface area contributed by atoms with Crippen LogP contribution < -0.4 is 10.0 Å². The van der Waals surface area contributed by atoms with Crippen molar-refractivity contribution in [3.8, 4) is 11.1 Å². The Bertz CT molecular complexity index is 1300. The van der Waals surface area contributed by atoms with Crippen molar-refractivity contribution in [2.45, 2.75) is 37.1 Å². The van der Waals surface area contributed by atoms with E-state index in [0.717, 1.165) is 40.8 Å². The van der Waals surface area contributed by atoms with Crippen molar-refractivity contribution in [2.75, 3.05) is 4.90 Å². The number of nitrogens with zero attached hydrogens (tertiary/aromatic N) is 1. The second-order valence-corrected chi connectivity index (χ2v) is 9.27. The fraction of sp³-hybridized carbons (Fsp3) is 0.240. The Kier molecular flexibility index (Phi) is 5.45. The van der Waals surface area contributed by atoms with E-state index in [4.69, 9.17) is 5.14 Å². The fourth-order valence-electron chi connectivity index (χ4n) is 4.98. The van der Waals surface area contributed by atoms with Crippen molar-refractivity contribution in [2.24, 2.45) is 11.1 Å². The van der Waals surface area contributed by atoms with Crippen LogP contribution in [0, 0.1) is 29.2 Å². The molecule has 2 atom stereocenters. The summed E-state index contributed by atoms with van der Waals surface area (Å²) in [7, 11) is 0. The van der Waals surface area contributed by atoms with E-state index in [0.29, 0.717) is 24.9 Å². The van der Waals surface area contributed by atoms with Gasteiger partial charge in [-0.3, -0.25) is 9.93 Å². The topological polar surface area (TPSA) is 46.3 Å². The normalized spacial score (nSPS) is 19.0. The highest BCUT2D eigenvalue weighted by molar-refractivity contribution is 7.97. The summed E-state index contributed by atoms with van der Waals surface area (Å²) in [5.41, 5.74) is 2.97. The minimum atomic E-state index is -1.23. The van der Waals surface area contributed by atoms with Gasteiger partial charge < -0.3 is 4.90 Å². The van der Waals surface area contributed by atoms with E-state index < -0.39 is 28.8 Å². The first-order chi connectivity index (χ1) is 15.8. The van der Waals surface area contributed by atoms with E-state index >= 15 is 0 Å². The van der Waals surface area contributed by atoms with E-state index in [9.17, 15) is 22.4 Å². The van der Waals surface area contributed by atoms with E-state index in [1.165, 1.54) is 6.07 Å². The SMILES string of the molecule is CC1Cc2cc(F)c(SN)cc2N1C(=O)C1Cc2ccc(-c3c(F)ccc(F)c3F)cc2C1. The van der Waals surface area contributed by atoms with Crippen molar-refractivity contribution in [1.82, 2.24) is 0 Å². The Morgan fingerprint density at radius 3 is 2.39 bits per heavy atom. The van der Waals surface area contributed by atoms with Crippen molar-refractivity contribution >= 4 is 23.5 Å². The molecular weight excluding hydrogens is 452 g/mol. The summed E-state index contributed by atoms with van der Waals surface area (Å²) < 4.78 is 56.3. The second-order valence-electron chi connectivity index (χ2n) is 8.60. The molecular formula is C25H20F4N2OS. The fourth-order valence-corrected chi connectivity index (χ4v) is 5.33. The van der Waals surface area contributed by atoms with Gasteiger partial charge in [-0.2, -0.15) is 0 Å². The zero-order valence-electron chi connectivity index (χ0n) is 17.7. The Balaban J connectivity index is 1.44. The van der Waals surface area contributed by atoms with E-state index in [2.05, 4.69) is 0 Å². The third kappa shape index (κ3) is 3.61. The summed E-state index contributed by atoms with van der Waals surface area (Å²) in [6.45, 7) is 1.92. The molecule has 0 fully saturated rings. The summed E-state index contributed by atoms with van der Waals surface area (Å²) >= 11 is 0.800. The molecule has 2 unspecified atom stereocenters. The van der Waals surface area contributed by atoms with Crippen molar-refractivity contribution in [1.29, 1.82) is 0 Å². The Morgan fingerprint density at radius 2 is 1.64 bits per heavy atom. The van der Waals surface area contributed by atoms with Gasteiger partial charge in [-0.15, -0.1) is 0 Å². The molecule has 0 saturated carbocycles.